The minimum atomic E-state index is 0.658. The van der Waals surface area contributed by atoms with Crippen molar-refractivity contribution in [3.63, 3.8) is 0 Å². The van der Waals surface area contributed by atoms with Gasteiger partial charge >= 0.3 is 0 Å². The van der Waals surface area contributed by atoms with Crippen molar-refractivity contribution >= 4 is 0 Å². The zero-order valence-corrected chi connectivity index (χ0v) is 10.8. The molecule has 1 aliphatic carbocycles. The molecule has 0 unspecified atom stereocenters. The van der Waals surface area contributed by atoms with Gasteiger partial charge in [-0.3, -0.25) is 0 Å². The molecule has 3 rings (SSSR count). The minimum Gasteiger partial charge on any atom is -0.346 e. The van der Waals surface area contributed by atoms with E-state index in [9.17, 15) is 0 Å². The second-order valence-electron chi connectivity index (χ2n) is 5.64. The van der Waals surface area contributed by atoms with Gasteiger partial charge in [-0.25, -0.2) is 4.98 Å². The van der Waals surface area contributed by atoms with E-state index in [1.54, 1.807) is 0 Å². The van der Waals surface area contributed by atoms with Crippen molar-refractivity contribution in [1.29, 1.82) is 0 Å². The summed E-state index contributed by atoms with van der Waals surface area (Å²) in [5.41, 5.74) is 2.70. The van der Waals surface area contributed by atoms with Crippen LogP contribution >= 0.6 is 0 Å². The number of nitrogens with zero attached hydrogens (tertiary/aromatic N) is 1. The van der Waals surface area contributed by atoms with Crippen molar-refractivity contribution in [2.24, 2.45) is 0 Å². The Morgan fingerprint density at radius 2 is 1.71 bits per heavy atom. The van der Waals surface area contributed by atoms with Gasteiger partial charge in [0.05, 0.1) is 5.69 Å². The number of nitrogens with one attached hydrogen (secondary N) is 2. The summed E-state index contributed by atoms with van der Waals surface area (Å²) in [7, 11) is 0. The molecule has 3 heteroatoms. The predicted octanol–water partition coefficient (Wildman–Crippen LogP) is 2.84. The first-order valence-corrected chi connectivity index (χ1v) is 7.11. The molecular formula is C14H23N3. The highest BCUT2D eigenvalue weighted by molar-refractivity contribution is 5.20. The fourth-order valence-electron chi connectivity index (χ4n) is 3.38. The molecule has 0 amide bonds. The van der Waals surface area contributed by atoms with Gasteiger partial charge in [0.1, 0.15) is 5.82 Å². The summed E-state index contributed by atoms with van der Waals surface area (Å²) in [5, 5.41) is 3.42. The maximum Gasteiger partial charge on any atom is 0.109 e. The van der Waals surface area contributed by atoms with E-state index >= 15 is 0 Å². The third-order valence-electron chi connectivity index (χ3n) is 4.41. The number of piperidine rings is 1. The number of aromatic nitrogens is 2. The lowest BCUT2D eigenvalue weighted by Crippen LogP contribution is -2.27. The van der Waals surface area contributed by atoms with Crippen LogP contribution in [-0.2, 0) is 0 Å². The number of H-pyrrole nitrogens is 1. The highest BCUT2D eigenvalue weighted by Crippen LogP contribution is 2.35. The Hall–Kier alpha value is -0.830. The summed E-state index contributed by atoms with van der Waals surface area (Å²) in [6.07, 6.45) is 7.93. The van der Waals surface area contributed by atoms with Gasteiger partial charge in [-0.05, 0) is 45.7 Å². The largest absolute Gasteiger partial charge is 0.346 e. The first-order chi connectivity index (χ1) is 8.34. The summed E-state index contributed by atoms with van der Waals surface area (Å²) in [6.45, 7) is 4.48. The van der Waals surface area contributed by atoms with E-state index in [1.165, 1.54) is 55.7 Å². The Morgan fingerprint density at radius 1 is 1.00 bits per heavy atom. The van der Waals surface area contributed by atoms with Crippen LogP contribution in [0.3, 0.4) is 0 Å². The third kappa shape index (κ3) is 2.25. The Bertz CT molecular complexity index is 371. The molecule has 2 N–H and O–H groups in total. The SMILES string of the molecule is Cc1[nH]c(C2CCNCC2)nc1C1CCCC1. The lowest BCUT2D eigenvalue weighted by Gasteiger charge is -2.20. The summed E-state index contributed by atoms with van der Waals surface area (Å²) in [4.78, 5) is 8.48. The van der Waals surface area contributed by atoms with Gasteiger partial charge in [-0.1, -0.05) is 12.8 Å². The van der Waals surface area contributed by atoms with Crippen LogP contribution in [0.4, 0.5) is 0 Å². The maximum absolute atomic E-state index is 4.93. The molecule has 2 heterocycles. The number of imidazole rings is 1. The first-order valence-electron chi connectivity index (χ1n) is 7.11. The average molecular weight is 233 g/mol. The van der Waals surface area contributed by atoms with Crippen LogP contribution in [0.2, 0.25) is 0 Å². The smallest absolute Gasteiger partial charge is 0.109 e. The van der Waals surface area contributed by atoms with E-state index in [-0.39, 0.29) is 0 Å². The van der Waals surface area contributed by atoms with Gasteiger partial charge in [0.2, 0.25) is 0 Å². The Balaban J connectivity index is 1.79. The van der Waals surface area contributed by atoms with Crippen molar-refractivity contribution in [1.82, 2.24) is 15.3 Å². The topological polar surface area (TPSA) is 40.7 Å². The Labute approximate surface area is 103 Å². The van der Waals surface area contributed by atoms with E-state index in [0.29, 0.717) is 5.92 Å². The average Bonchev–Trinajstić information content (AvgIpc) is 2.99. The molecular weight excluding hydrogens is 210 g/mol. The van der Waals surface area contributed by atoms with E-state index in [1.807, 2.05) is 0 Å². The molecule has 0 bridgehead atoms. The summed E-state index contributed by atoms with van der Waals surface area (Å²) >= 11 is 0. The standard InChI is InChI=1S/C14H23N3/c1-10-13(11-4-2-3-5-11)17-14(16-10)12-6-8-15-9-7-12/h11-12,15H,2-9H2,1H3,(H,16,17). The van der Waals surface area contributed by atoms with Gasteiger partial charge in [-0.2, -0.15) is 0 Å². The normalized spacial score (nSPS) is 23.4. The molecule has 0 radical (unpaired) electrons. The number of aromatic amines is 1. The number of hydrogen-bond donors (Lipinski definition) is 2. The fourth-order valence-corrected chi connectivity index (χ4v) is 3.38. The molecule has 0 spiro atoms. The molecule has 17 heavy (non-hydrogen) atoms. The molecule has 2 fully saturated rings. The lowest BCUT2D eigenvalue weighted by atomic mass is 9.97. The van der Waals surface area contributed by atoms with Crippen molar-refractivity contribution in [3.05, 3.63) is 17.2 Å². The van der Waals surface area contributed by atoms with Gasteiger partial charge in [0, 0.05) is 17.5 Å². The van der Waals surface area contributed by atoms with Crippen LogP contribution in [0.1, 0.15) is 67.6 Å². The predicted molar refractivity (Wildman–Crippen MR) is 69.4 cm³/mol. The molecule has 1 saturated heterocycles. The highest BCUT2D eigenvalue weighted by atomic mass is 15.0. The van der Waals surface area contributed by atoms with Crippen LogP contribution in [0.25, 0.3) is 0 Å². The number of hydrogen-bond acceptors (Lipinski definition) is 2. The molecule has 0 aromatic carbocycles. The number of aryl methyl sites for hydroxylation is 1. The van der Waals surface area contributed by atoms with Crippen LogP contribution in [0.15, 0.2) is 0 Å². The summed E-state index contributed by atoms with van der Waals surface area (Å²) in [6, 6.07) is 0. The molecule has 1 aromatic heterocycles. The molecule has 1 saturated carbocycles. The summed E-state index contributed by atoms with van der Waals surface area (Å²) in [5.74, 6) is 2.65. The van der Waals surface area contributed by atoms with E-state index in [2.05, 4.69) is 17.2 Å². The number of rotatable bonds is 2. The molecule has 1 aliphatic heterocycles. The van der Waals surface area contributed by atoms with E-state index in [0.717, 1.165) is 19.0 Å². The molecule has 0 atom stereocenters. The molecule has 94 valence electrons. The van der Waals surface area contributed by atoms with Crippen LogP contribution in [0.5, 0.6) is 0 Å². The Morgan fingerprint density at radius 3 is 2.41 bits per heavy atom. The van der Waals surface area contributed by atoms with Crippen molar-refractivity contribution < 1.29 is 0 Å². The zero-order chi connectivity index (χ0) is 11.7. The van der Waals surface area contributed by atoms with Crippen molar-refractivity contribution in [2.75, 3.05) is 13.1 Å². The minimum absolute atomic E-state index is 0.658. The van der Waals surface area contributed by atoms with Gasteiger partial charge in [0.15, 0.2) is 0 Å². The quantitative estimate of drug-likeness (QED) is 0.824. The van der Waals surface area contributed by atoms with Gasteiger partial charge in [0.25, 0.3) is 0 Å². The molecule has 2 aliphatic rings. The van der Waals surface area contributed by atoms with Crippen LogP contribution < -0.4 is 5.32 Å². The van der Waals surface area contributed by atoms with Crippen LogP contribution in [0, 0.1) is 6.92 Å². The Kier molecular flexibility index (Phi) is 3.19. The maximum atomic E-state index is 4.93. The third-order valence-corrected chi connectivity index (χ3v) is 4.41. The fraction of sp³-hybridized carbons (Fsp3) is 0.786. The first kappa shape index (κ1) is 11.3. The summed E-state index contributed by atoms with van der Waals surface area (Å²) < 4.78 is 0. The molecule has 3 nitrogen and oxygen atoms in total. The van der Waals surface area contributed by atoms with Crippen LogP contribution in [-0.4, -0.2) is 23.1 Å². The van der Waals surface area contributed by atoms with Crippen molar-refractivity contribution in [3.8, 4) is 0 Å². The van der Waals surface area contributed by atoms with Crippen molar-refractivity contribution in [2.45, 2.75) is 57.3 Å². The highest BCUT2D eigenvalue weighted by Gasteiger charge is 2.25. The second kappa shape index (κ2) is 4.81. The zero-order valence-electron chi connectivity index (χ0n) is 10.8. The van der Waals surface area contributed by atoms with E-state index in [4.69, 9.17) is 4.98 Å². The molecule has 1 aromatic rings. The van der Waals surface area contributed by atoms with Gasteiger partial charge in [-0.15, -0.1) is 0 Å². The van der Waals surface area contributed by atoms with Gasteiger partial charge < -0.3 is 10.3 Å². The van der Waals surface area contributed by atoms with E-state index < -0.39 is 0 Å². The monoisotopic (exact) mass is 233 g/mol. The lowest BCUT2D eigenvalue weighted by molar-refractivity contribution is 0.446. The second-order valence-corrected chi connectivity index (χ2v) is 5.64.